The highest BCUT2D eigenvalue weighted by Crippen LogP contribution is 2.24. The Labute approximate surface area is 149 Å². The number of alkyl carbamates (subject to hydrolysis) is 1. The predicted octanol–water partition coefficient (Wildman–Crippen LogP) is 3.78. The van der Waals surface area contributed by atoms with Gasteiger partial charge in [0.1, 0.15) is 6.61 Å². The minimum atomic E-state index is -3.66. The number of rotatable bonds is 8. The smallest absolute Gasteiger partial charge is 0.407 e. The lowest BCUT2D eigenvalue weighted by atomic mass is 9.84. The molecule has 0 aliphatic heterocycles. The van der Waals surface area contributed by atoms with Crippen LogP contribution in [0.5, 0.6) is 0 Å². The van der Waals surface area contributed by atoms with Crippen LogP contribution in [-0.2, 0) is 20.4 Å². The van der Waals surface area contributed by atoms with Gasteiger partial charge in [0.05, 0.1) is 5.75 Å². The highest BCUT2D eigenvalue weighted by Gasteiger charge is 2.32. The van der Waals surface area contributed by atoms with Crippen LogP contribution >= 0.6 is 10.7 Å². The molecule has 0 saturated heterocycles. The van der Waals surface area contributed by atoms with Crippen LogP contribution in [-0.4, -0.2) is 26.3 Å². The third-order valence-electron chi connectivity index (χ3n) is 3.92. The van der Waals surface area contributed by atoms with E-state index in [1.165, 1.54) is 0 Å². The van der Waals surface area contributed by atoms with Crippen LogP contribution in [0.15, 0.2) is 30.3 Å². The summed E-state index contributed by atoms with van der Waals surface area (Å²) in [5, 5.41) is 2.81. The first-order valence-electron chi connectivity index (χ1n) is 7.99. The molecule has 0 aliphatic rings. The molecule has 24 heavy (non-hydrogen) atoms. The molecule has 0 aliphatic carbocycles. The molecule has 1 aromatic carbocycles. The molecular weight excluding hydrogens is 350 g/mol. The fraction of sp³-hybridized carbons (Fsp3) is 0.588. The summed E-state index contributed by atoms with van der Waals surface area (Å²) in [5.41, 5.74) is 0.887. The number of carbonyl (C=O) groups excluding carboxylic acids is 1. The second-order valence-electron chi connectivity index (χ2n) is 6.59. The first-order valence-corrected chi connectivity index (χ1v) is 10.5. The van der Waals surface area contributed by atoms with Gasteiger partial charge in [0.25, 0.3) is 0 Å². The molecule has 0 radical (unpaired) electrons. The molecule has 0 spiro atoms. The van der Waals surface area contributed by atoms with Crippen molar-refractivity contribution in [3.63, 3.8) is 0 Å². The number of benzene rings is 1. The van der Waals surface area contributed by atoms with E-state index in [4.69, 9.17) is 15.4 Å². The molecular formula is C17H26ClNO4S. The van der Waals surface area contributed by atoms with Crippen LogP contribution in [0.1, 0.15) is 33.3 Å². The highest BCUT2D eigenvalue weighted by molar-refractivity contribution is 8.13. The van der Waals surface area contributed by atoms with E-state index < -0.39 is 15.1 Å². The van der Waals surface area contributed by atoms with Gasteiger partial charge >= 0.3 is 6.09 Å². The van der Waals surface area contributed by atoms with Gasteiger partial charge in [0.15, 0.2) is 0 Å². The molecule has 0 fully saturated rings. The Morgan fingerprint density at radius 2 is 1.71 bits per heavy atom. The van der Waals surface area contributed by atoms with Crippen LogP contribution in [0.25, 0.3) is 0 Å². The third-order valence-corrected chi connectivity index (χ3v) is 5.09. The van der Waals surface area contributed by atoms with Gasteiger partial charge in [-0.1, -0.05) is 58.0 Å². The second-order valence-corrected chi connectivity index (χ2v) is 9.41. The molecule has 1 aromatic rings. The fourth-order valence-corrected chi connectivity index (χ4v) is 4.10. The first kappa shape index (κ1) is 20.8. The summed E-state index contributed by atoms with van der Waals surface area (Å²) in [5.74, 6) is -0.397. The number of hydrogen-bond acceptors (Lipinski definition) is 4. The minimum absolute atomic E-state index is 0.0418. The molecule has 1 rings (SSSR count). The van der Waals surface area contributed by atoms with E-state index in [-0.39, 0.29) is 36.2 Å². The largest absolute Gasteiger partial charge is 0.445 e. The first-order chi connectivity index (χ1) is 11.1. The normalized spacial score (nSPS) is 14.5. The molecule has 0 bridgehead atoms. The van der Waals surface area contributed by atoms with Gasteiger partial charge in [-0.3, -0.25) is 0 Å². The van der Waals surface area contributed by atoms with Gasteiger partial charge in [-0.25, -0.2) is 13.2 Å². The maximum atomic E-state index is 12.1. The van der Waals surface area contributed by atoms with Gasteiger partial charge in [-0.15, -0.1) is 0 Å². The Hall–Kier alpha value is -1.27. The van der Waals surface area contributed by atoms with Crippen molar-refractivity contribution in [2.24, 2.45) is 17.8 Å². The van der Waals surface area contributed by atoms with Crippen LogP contribution in [0, 0.1) is 17.8 Å². The average molecular weight is 376 g/mol. The summed E-state index contributed by atoms with van der Waals surface area (Å²) in [6.07, 6.45) is -0.560. The Balaban J connectivity index is 2.74. The van der Waals surface area contributed by atoms with Crippen molar-refractivity contribution >= 4 is 25.8 Å². The fourth-order valence-electron chi connectivity index (χ4n) is 2.61. The molecule has 0 saturated carbocycles. The summed E-state index contributed by atoms with van der Waals surface area (Å²) in [6.45, 7) is 7.85. The lowest BCUT2D eigenvalue weighted by Crippen LogP contribution is -2.47. The van der Waals surface area contributed by atoms with Crippen LogP contribution in [0.3, 0.4) is 0 Å². The Morgan fingerprint density at radius 3 is 2.17 bits per heavy atom. The van der Waals surface area contributed by atoms with Crippen LogP contribution < -0.4 is 5.32 Å². The van der Waals surface area contributed by atoms with Crippen molar-refractivity contribution in [1.29, 1.82) is 0 Å². The number of halogens is 1. The highest BCUT2D eigenvalue weighted by atomic mass is 35.7. The van der Waals surface area contributed by atoms with Crippen LogP contribution in [0.2, 0.25) is 0 Å². The zero-order valence-electron chi connectivity index (χ0n) is 14.5. The zero-order chi connectivity index (χ0) is 18.3. The van der Waals surface area contributed by atoms with Crippen molar-refractivity contribution in [3.05, 3.63) is 35.9 Å². The topological polar surface area (TPSA) is 72.5 Å². The second kappa shape index (κ2) is 9.28. The van der Waals surface area contributed by atoms with Crippen molar-refractivity contribution in [2.75, 3.05) is 5.75 Å². The number of hydrogen-bond donors (Lipinski definition) is 1. The van der Waals surface area contributed by atoms with E-state index in [2.05, 4.69) is 5.32 Å². The molecule has 136 valence electrons. The monoisotopic (exact) mass is 375 g/mol. The Morgan fingerprint density at radius 1 is 1.12 bits per heavy atom. The van der Waals surface area contributed by atoms with E-state index in [0.717, 1.165) is 5.56 Å². The van der Waals surface area contributed by atoms with E-state index in [0.29, 0.717) is 0 Å². The average Bonchev–Trinajstić information content (AvgIpc) is 2.48. The predicted molar refractivity (Wildman–Crippen MR) is 96.4 cm³/mol. The van der Waals surface area contributed by atoms with Gasteiger partial charge in [0.2, 0.25) is 9.05 Å². The maximum absolute atomic E-state index is 12.1. The molecule has 1 amide bonds. The number of ether oxygens (including phenoxy) is 1. The van der Waals surface area contributed by atoms with Gasteiger partial charge < -0.3 is 10.1 Å². The lowest BCUT2D eigenvalue weighted by Gasteiger charge is -2.32. The van der Waals surface area contributed by atoms with Gasteiger partial charge in [-0.05, 0) is 23.3 Å². The van der Waals surface area contributed by atoms with Gasteiger partial charge in [0, 0.05) is 16.7 Å². The quantitative estimate of drug-likeness (QED) is 0.702. The molecule has 7 heteroatoms. The Kier molecular flexibility index (Phi) is 8.03. The van der Waals surface area contributed by atoms with Gasteiger partial charge in [-0.2, -0.15) is 0 Å². The Bertz CT molecular complexity index is 617. The van der Waals surface area contributed by atoms with Crippen molar-refractivity contribution in [1.82, 2.24) is 5.32 Å². The molecule has 1 N–H and O–H groups in total. The summed E-state index contributed by atoms with van der Waals surface area (Å²) >= 11 is 0. The van der Waals surface area contributed by atoms with E-state index >= 15 is 0 Å². The van der Waals surface area contributed by atoms with E-state index in [1.807, 2.05) is 58.0 Å². The molecule has 0 aromatic heterocycles. The standard InChI is InChI=1S/C17H26ClNO4S/c1-12(2)15(11-24(18,21)22)16(13(3)4)19-17(20)23-10-14-8-6-5-7-9-14/h5-9,12-13,15-16H,10-11H2,1-4H3,(H,19,20). The molecule has 2 atom stereocenters. The molecule has 5 nitrogen and oxygen atoms in total. The molecule has 2 unspecified atom stereocenters. The summed E-state index contributed by atoms with van der Waals surface area (Å²) < 4.78 is 28.2. The van der Waals surface area contributed by atoms with E-state index in [9.17, 15) is 13.2 Å². The number of carbonyl (C=O) groups is 1. The minimum Gasteiger partial charge on any atom is -0.445 e. The van der Waals surface area contributed by atoms with Crippen molar-refractivity contribution in [2.45, 2.75) is 40.3 Å². The number of amides is 1. The van der Waals surface area contributed by atoms with Crippen molar-refractivity contribution in [3.8, 4) is 0 Å². The maximum Gasteiger partial charge on any atom is 0.407 e. The summed E-state index contributed by atoms with van der Waals surface area (Å²) in [4.78, 5) is 12.1. The van der Waals surface area contributed by atoms with Crippen molar-refractivity contribution < 1.29 is 17.9 Å². The number of nitrogens with one attached hydrogen (secondary N) is 1. The summed E-state index contributed by atoms with van der Waals surface area (Å²) in [6, 6.07) is 9.01. The van der Waals surface area contributed by atoms with E-state index in [1.54, 1.807) is 0 Å². The third kappa shape index (κ3) is 7.53. The molecule has 0 heterocycles. The SMILES string of the molecule is CC(C)C(CS(=O)(=O)Cl)C(NC(=O)OCc1ccccc1)C(C)C. The lowest BCUT2D eigenvalue weighted by molar-refractivity contribution is 0.124. The summed E-state index contributed by atoms with van der Waals surface area (Å²) in [7, 11) is 1.77. The zero-order valence-corrected chi connectivity index (χ0v) is 16.1. The van der Waals surface area contributed by atoms with Crippen LogP contribution in [0.4, 0.5) is 4.79 Å².